The van der Waals surface area contributed by atoms with Gasteiger partial charge in [-0.25, -0.2) is 4.98 Å². The molecule has 134 valence electrons. The van der Waals surface area contributed by atoms with Crippen molar-refractivity contribution in [3.8, 4) is 0 Å². The Morgan fingerprint density at radius 3 is 2.69 bits per heavy atom. The minimum Gasteiger partial charge on any atom is -0.352 e. The second-order valence-electron chi connectivity index (χ2n) is 6.67. The monoisotopic (exact) mass is 349 g/mol. The number of rotatable bonds is 5. The summed E-state index contributed by atoms with van der Waals surface area (Å²) >= 11 is 0. The second-order valence-corrected chi connectivity index (χ2v) is 6.67. The van der Waals surface area contributed by atoms with E-state index in [-0.39, 0.29) is 17.9 Å². The highest BCUT2D eigenvalue weighted by Gasteiger charge is 2.08. The van der Waals surface area contributed by atoms with Crippen LogP contribution in [0, 0.1) is 20.8 Å². The fraction of sp³-hybridized carbons (Fsp3) is 0.286. The Labute approximate surface area is 152 Å². The average Bonchev–Trinajstić information content (AvgIpc) is 2.61. The summed E-state index contributed by atoms with van der Waals surface area (Å²) in [6.45, 7) is 6.83. The molecule has 3 aromatic rings. The molecule has 0 aliphatic heterocycles. The number of aromatic nitrogens is 2. The number of carbonyl (C=O) groups is 1. The van der Waals surface area contributed by atoms with E-state index in [1.165, 1.54) is 16.5 Å². The summed E-state index contributed by atoms with van der Waals surface area (Å²) in [7, 11) is 0. The van der Waals surface area contributed by atoms with Crippen LogP contribution in [0.3, 0.4) is 0 Å². The van der Waals surface area contributed by atoms with Gasteiger partial charge in [0.05, 0.1) is 17.2 Å². The van der Waals surface area contributed by atoms with E-state index in [0.29, 0.717) is 24.0 Å². The van der Waals surface area contributed by atoms with Crippen LogP contribution in [0.15, 0.2) is 47.5 Å². The lowest BCUT2D eigenvalue weighted by molar-refractivity contribution is -0.121. The van der Waals surface area contributed by atoms with E-state index in [2.05, 4.69) is 16.4 Å². The van der Waals surface area contributed by atoms with Gasteiger partial charge in [0, 0.05) is 19.5 Å². The van der Waals surface area contributed by atoms with E-state index in [0.717, 1.165) is 16.7 Å². The fourth-order valence-corrected chi connectivity index (χ4v) is 3.05. The molecule has 0 radical (unpaired) electrons. The molecule has 0 aliphatic carbocycles. The van der Waals surface area contributed by atoms with Gasteiger partial charge in [-0.15, -0.1) is 0 Å². The molecule has 0 unspecified atom stereocenters. The van der Waals surface area contributed by atoms with Crippen LogP contribution in [0.5, 0.6) is 0 Å². The lowest BCUT2D eigenvalue weighted by atomic mass is 10.1. The van der Waals surface area contributed by atoms with Gasteiger partial charge in [0.15, 0.2) is 0 Å². The SMILES string of the molecule is Cc1ccc(CNC(=O)CCn2cnc3c(C)cccc3c2=O)c(C)c1. The van der Waals surface area contributed by atoms with Crippen LogP contribution in [0.4, 0.5) is 0 Å². The fourth-order valence-electron chi connectivity index (χ4n) is 3.05. The van der Waals surface area contributed by atoms with Gasteiger partial charge in [0.1, 0.15) is 0 Å². The standard InChI is InChI=1S/C21H23N3O2/c1-14-7-8-17(16(3)11-14)12-22-19(25)9-10-24-13-23-20-15(2)5-4-6-18(20)21(24)26/h4-8,11,13H,9-10,12H2,1-3H3,(H,22,25). The Morgan fingerprint density at radius 2 is 1.92 bits per heavy atom. The normalized spacial score (nSPS) is 10.9. The summed E-state index contributed by atoms with van der Waals surface area (Å²) in [5, 5.41) is 3.51. The van der Waals surface area contributed by atoms with Crippen LogP contribution >= 0.6 is 0 Å². The molecule has 0 saturated heterocycles. The first-order valence-corrected chi connectivity index (χ1v) is 8.73. The Kier molecular flexibility index (Phi) is 5.16. The zero-order valence-corrected chi connectivity index (χ0v) is 15.4. The molecule has 26 heavy (non-hydrogen) atoms. The minimum absolute atomic E-state index is 0.0822. The maximum Gasteiger partial charge on any atom is 0.261 e. The summed E-state index contributed by atoms with van der Waals surface area (Å²) in [4.78, 5) is 29.1. The van der Waals surface area contributed by atoms with Crippen LogP contribution in [0.2, 0.25) is 0 Å². The third kappa shape index (κ3) is 3.82. The zero-order chi connectivity index (χ0) is 18.7. The van der Waals surface area contributed by atoms with Crippen molar-refractivity contribution in [3.63, 3.8) is 0 Å². The summed E-state index contributed by atoms with van der Waals surface area (Å²) < 4.78 is 1.50. The van der Waals surface area contributed by atoms with Crippen molar-refractivity contribution in [2.75, 3.05) is 0 Å². The van der Waals surface area contributed by atoms with Crippen molar-refractivity contribution in [2.45, 2.75) is 40.3 Å². The number of para-hydroxylation sites is 1. The van der Waals surface area contributed by atoms with E-state index in [9.17, 15) is 9.59 Å². The van der Waals surface area contributed by atoms with E-state index in [1.807, 2.05) is 45.0 Å². The Bertz CT molecular complexity index is 1020. The van der Waals surface area contributed by atoms with E-state index in [4.69, 9.17) is 0 Å². The van der Waals surface area contributed by atoms with Crippen molar-refractivity contribution >= 4 is 16.8 Å². The molecule has 0 atom stereocenters. The minimum atomic E-state index is -0.110. The first-order chi connectivity index (χ1) is 12.5. The molecule has 1 heterocycles. The number of benzene rings is 2. The smallest absolute Gasteiger partial charge is 0.261 e. The Balaban J connectivity index is 1.63. The number of fused-ring (bicyclic) bond motifs is 1. The van der Waals surface area contributed by atoms with Gasteiger partial charge in [-0.1, -0.05) is 35.9 Å². The van der Waals surface area contributed by atoms with Gasteiger partial charge in [-0.3, -0.25) is 14.2 Å². The summed E-state index contributed by atoms with van der Waals surface area (Å²) in [5.74, 6) is -0.0822. The molecule has 0 bridgehead atoms. The maximum absolute atomic E-state index is 12.5. The molecule has 0 saturated carbocycles. The quantitative estimate of drug-likeness (QED) is 0.770. The molecule has 1 N–H and O–H groups in total. The van der Waals surface area contributed by atoms with Crippen LogP contribution in [-0.2, 0) is 17.9 Å². The number of amides is 1. The van der Waals surface area contributed by atoms with Crippen LogP contribution in [-0.4, -0.2) is 15.5 Å². The Hall–Kier alpha value is -2.95. The van der Waals surface area contributed by atoms with Crippen LogP contribution in [0.25, 0.3) is 10.9 Å². The largest absolute Gasteiger partial charge is 0.352 e. The van der Waals surface area contributed by atoms with Gasteiger partial charge >= 0.3 is 0 Å². The molecule has 5 nitrogen and oxygen atoms in total. The molecular weight excluding hydrogens is 326 g/mol. The van der Waals surface area contributed by atoms with Crippen molar-refractivity contribution in [2.24, 2.45) is 0 Å². The van der Waals surface area contributed by atoms with E-state index < -0.39 is 0 Å². The molecular formula is C21H23N3O2. The van der Waals surface area contributed by atoms with Gasteiger partial charge in [0.25, 0.3) is 5.56 Å². The third-order valence-corrected chi connectivity index (χ3v) is 4.61. The highest BCUT2D eigenvalue weighted by molar-refractivity contribution is 5.80. The molecule has 1 aromatic heterocycles. The highest BCUT2D eigenvalue weighted by Crippen LogP contribution is 2.12. The second kappa shape index (κ2) is 7.52. The number of nitrogens with one attached hydrogen (secondary N) is 1. The van der Waals surface area contributed by atoms with Gasteiger partial charge in [-0.05, 0) is 43.5 Å². The molecule has 1 amide bonds. The molecule has 5 heteroatoms. The molecule has 0 aliphatic rings. The first kappa shape index (κ1) is 17.9. The Morgan fingerprint density at radius 1 is 1.12 bits per heavy atom. The summed E-state index contributed by atoms with van der Waals surface area (Å²) in [5.41, 5.74) is 5.04. The van der Waals surface area contributed by atoms with Crippen molar-refractivity contribution in [3.05, 3.63) is 75.3 Å². The molecule has 0 fully saturated rings. The van der Waals surface area contributed by atoms with Gasteiger partial charge in [-0.2, -0.15) is 0 Å². The van der Waals surface area contributed by atoms with Crippen LogP contribution < -0.4 is 10.9 Å². The first-order valence-electron chi connectivity index (χ1n) is 8.73. The van der Waals surface area contributed by atoms with Gasteiger partial charge < -0.3 is 5.32 Å². The van der Waals surface area contributed by atoms with Gasteiger partial charge in [0.2, 0.25) is 5.91 Å². The van der Waals surface area contributed by atoms with E-state index >= 15 is 0 Å². The number of hydrogen-bond acceptors (Lipinski definition) is 3. The lowest BCUT2D eigenvalue weighted by Gasteiger charge is -2.10. The van der Waals surface area contributed by atoms with E-state index in [1.54, 1.807) is 6.07 Å². The third-order valence-electron chi connectivity index (χ3n) is 4.61. The topological polar surface area (TPSA) is 64.0 Å². The average molecular weight is 349 g/mol. The predicted octanol–water partition coefficient (Wildman–Crippen LogP) is 3.03. The van der Waals surface area contributed by atoms with Crippen LogP contribution in [0.1, 0.15) is 28.7 Å². The summed E-state index contributed by atoms with van der Waals surface area (Å²) in [6.07, 6.45) is 1.76. The van der Waals surface area contributed by atoms with Crippen molar-refractivity contribution < 1.29 is 4.79 Å². The number of nitrogens with zero attached hydrogens (tertiary/aromatic N) is 2. The predicted molar refractivity (Wildman–Crippen MR) is 103 cm³/mol. The van der Waals surface area contributed by atoms with Crippen molar-refractivity contribution in [1.82, 2.24) is 14.9 Å². The number of hydrogen-bond donors (Lipinski definition) is 1. The highest BCUT2D eigenvalue weighted by atomic mass is 16.1. The van der Waals surface area contributed by atoms with Crippen molar-refractivity contribution in [1.29, 1.82) is 0 Å². The molecule has 3 rings (SSSR count). The summed E-state index contributed by atoms with van der Waals surface area (Å²) in [6, 6.07) is 11.7. The lowest BCUT2D eigenvalue weighted by Crippen LogP contribution is -2.27. The zero-order valence-electron chi connectivity index (χ0n) is 15.4. The number of aryl methyl sites for hydroxylation is 4. The maximum atomic E-state index is 12.5. The number of carbonyl (C=O) groups excluding carboxylic acids is 1. The molecule has 2 aromatic carbocycles. The molecule has 0 spiro atoms.